The maximum absolute atomic E-state index is 13.5. The van der Waals surface area contributed by atoms with Gasteiger partial charge in [0, 0.05) is 55.2 Å². The third-order valence-electron chi connectivity index (χ3n) is 8.60. The van der Waals surface area contributed by atoms with Crippen molar-refractivity contribution in [2.24, 2.45) is 7.05 Å². The number of ketones is 1. The van der Waals surface area contributed by atoms with Crippen molar-refractivity contribution in [3.05, 3.63) is 77.6 Å². The van der Waals surface area contributed by atoms with Crippen molar-refractivity contribution < 1.29 is 23.8 Å². The molecule has 9 nitrogen and oxygen atoms in total. The number of nitrogens with zero attached hydrogens (tertiary/aromatic N) is 4. The lowest BCUT2D eigenvalue weighted by atomic mass is 9.87. The zero-order valence-electron chi connectivity index (χ0n) is 25.2. The molecule has 1 fully saturated rings. The predicted octanol–water partition coefficient (Wildman–Crippen LogP) is 6.23. The minimum atomic E-state index is -0.227. The number of Topliss-reactive ketones (excluding diaryl/α,β-unsaturated/α-hetero) is 1. The van der Waals surface area contributed by atoms with E-state index < -0.39 is 0 Å². The van der Waals surface area contributed by atoms with Crippen LogP contribution in [0.25, 0.3) is 27.7 Å². The van der Waals surface area contributed by atoms with E-state index in [1.165, 1.54) is 6.92 Å². The van der Waals surface area contributed by atoms with Crippen LogP contribution in [0.1, 0.15) is 66.1 Å². The van der Waals surface area contributed by atoms with Gasteiger partial charge in [0.25, 0.3) is 0 Å². The number of aryl methyl sites for hydroxylation is 2. The molecule has 0 N–H and O–H groups in total. The Kier molecular flexibility index (Phi) is 7.64. The lowest BCUT2D eigenvalue weighted by Gasteiger charge is -2.27. The van der Waals surface area contributed by atoms with Crippen molar-refractivity contribution in [2.75, 3.05) is 14.2 Å². The first kappa shape index (κ1) is 28.5. The van der Waals surface area contributed by atoms with Crippen LogP contribution in [0, 0.1) is 6.92 Å². The normalized spacial score (nSPS) is 16.9. The Hall–Kier alpha value is -4.66. The van der Waals surface area contributed by atoms with Crippen LogP contribution >= 0.6 is 0 Å². The fraction of sp³-hybridized carbons (Fsp3) is 0.353. The second kappa shape index (κ2) is 11.6. The van der Waals surface area contributed by atoms with Gasteiger partial charge in [-0.2, -0.15) is 0 Å². The topological polar surface area (TPSA) is 96.9 Å². The van der Waals surface area contributed by atoms with Gasteiger partial charge in [0.1, 0.15) is 23.4 Å². The minimum absolute atomic E-state index is 0.00840. The summed E-state index contributed by atoms with van der Waals surface area (Å²) in [7, 11) is 5.16. The average Bonchev–Trinajstić information content (AvgIpc) is 3.56. The van der Waals surface area contributed by atoms with E-state index in [9.17, 15) is 9.59 Å². The summed E-state index contributed by atoms with van der Waals surface area (Å²) in [5.74, 6) is 2.37. The fourth-order valence-corrected chi connectivity index (χ4v) is 6.46. The first-order chi connectivity index (χ1) is 20.8. The quantitative estimate of drug-likeness (QED) is 0.159. The fourth-order valence-electron chi connectivity index (χ4n) is 6.46. The summed E-state index contributed by atoms with van der Waals surface area (Å²) in [6.07, 6.45) is 7.35. The van der Waals surface area contributed by atoms with Gasteiger partial charge < -0.3 is 18.8 Å². The summed E-state index contributed by atoms with van der Waals surface area (Å²) in [6.45, 7) is 3.46. The Bertz CT molecular complexity index is 1840. The van der Waals surface area contributed by atoms with Crippen molar-refractivity contribution in [3.8, 4) is 22.8 Å². The summed E-state index contributed by atoms with van der Waals surface area (Å²) < 4.78 is 20.8. The van der Waals surface area contributed by atoms with E-state index in [1.54, 1.807) is 20.4 Å². The smallest absolute Gasteiger partial charge is 0.302 e. The molecule has 5 aromatic rings. The zero-order chi connectivity index (χ0) is 30.2. The molecule has 1 saturated carbocycles. The number of carbonyl (C=O) groups excluding carboxylic acids is 2. The highest BCUT2D eigenvalue weighted by Gasteiger charge is 2.29. The molecule has 6 rings (SSSR count). The van der Waals surface area contributed by atoms with E-state index in [1.807, 2.05) is 67.2 Å². The van der Waals surface area contributed by atoms with E-state index in [0.29, 0.717) is 11.4 Å². The first-order valence-corrected chi connectivity index (χ1v) is 14.6. The molecule has 0 aliphatic heterocycles. The van der Waals surface area contributed by atoms with Crippen LogP contribution < -0.4 is 9.47 Å². The summed E-state index contributed by atoms with van der Waals surface area (Å²) in [4.78, 5) is 34.7. The Morgan fingerprint density at radius 2 is 1.77 bits per heavy atom. The van der Waals surface area contributed by atoms with Crippen LogP contribution in [0.2, 0.25) is 0 Å². The SMILES string of the molecule is COc1cc(-c2nc(C3CCC(OC(C)=O)CC3)n3ccnc(C)c23)ccc1CC(=O)c1cc2c(OC)cccc2n1C. The second-order valence-electron chi connectivity index (χ2n) is 11.2. The van der Waals surface area contributed by atoms with Crippen molar-refractivity contribution in [3.63, 3.8) is 0 Å². The van der Waals surface area contributed by atoms with Gasteiger partial charge in [-0.15, -0.1) is 0 Å². The number of hydrogen-bond acceptors (Lipinski definition) is 7. The van der Waals surface area contributed by atoms with Crippen LogP contribution in [0.15, 0.2) is 54.9 Å². The molecule has 0 amide bonds. The second-order valence-corrected chi connectivity index (χ2v) is 11.2. The zero-order valence-corrected chi connectivity index (χ0v) is 25.2. The molecular weight excluding hydrogens is 544 g/mol. The Morgan fingerprint density at radius 3 is 2.49 bits per heavy atom. The molecule has 9 heteroatoms. The van der Waals surface area contributed by atoms with Crippen LogP contribution in [0.4, 0.5) is 0 Å². The maximum atomic E-state index is 13.5. The van der Waals surface area contributed by atoms with E-state index in [-0.39, 0.29) is 30.2 Å². The Labute approximate surface area is 250 Å². The first-order valence-electron chi connectivity index (χ1n) is 14.6. The van der Waals surface area contributed by atoms with Gasteiger partial charge in [0.05, 0.1) is 42.3 Å². The maximum Gasteiger partial charge on any atom is 0.302 e. The molecule has 43 heavy (non-hydrogen) atoms. The van der Waals surface area contributed by atoms with Gasteiger partial charge in [-0.1, -0.05) is 18.2 Å². The van der Waals surface area contributed by atoms with Gasteiger partial charge >= 0.3 is 5.97 Å². The number of carbonyl (C=O) groups is 2. The molecule has 1 aliphatic carbocycles. The molecule has 3 heterocycles. The molecule has 3 aromatic heterocycles. The van der Waals surface area contributed by atoms with Gasteiger partial charge in [-0.05, 0) is 56.9 Å². The van der Waals surface area contributed by atoms with Crippen LogP contribution in [-0.2, 0) is 23.0 Å². The summed E-state index contributed by atoms with van der Waals surface area (Å²) in [5.41, 5.74) is 5.92. The van der Waals surface area contributed by atoms with Crippen LogP contribution in [0.3, 0.4) is 0 Å². The number of benzene rings is 2. The lowest BCUT2D eigenvalue weighted by molar-refractivity contribution is -0.147. The van der Waals surface area contributed by atoms with E-state index in [2.05, 4.69) is 9.38 Å². The van der Waals surface area contributed by atoms with Gasteiger partial charge in [-0.25, -0.2) is 4.98 Å². The third-order valence-corrected chi connectivity index (χ3v) is 8.60. The predicted molar refractivity (Wildman–Crippen MR) is 164 cm³/mol. The minimum Gasteiger partial charge on any atom is -0.496 e. The molecule has 1 aliphatic rings. The third kappa shape index (κ3) is 5.24. The monoisotopic (exact) mass is 580 g/mol. The Morgan fingerprint density at radius 1 is 1.00 bits per heavy atom. The average molecular weight is 581 g/mol. The van der Waals surface area contributed by atoms with Gasteiger partial charge in [-0.3, -0.25) is 19.0 Å². The molecule has 0 unspecified atom stereocenters. The van der Waals surface area contributed by atoms with Crippen molar-refractivity contribution in [1.29, 1.82) is 0 Å². The molecular formula is C34H36N4O5. The summed E-state index contributed by atoms with van der Waals surface area (Å²) >= 11 is 0. The summed E-state index contributed by atoms with van der Waals surface area (Å²) in [5, 5.41) is 0.907. The number of aromatic nitrogens is 4. The van der Waals surface area contributed by atoms with Crippen molar-refractivity contribution in [1.82, 2.24) is 18.9 Å². The number of esters is 1. The number of fused-ring (bicyclic) bond motifs is 2. The van der Waals surface area contributed by atoms with Crippen LogP contribution in [0.5, 0.6) is 11.5 Å². The van der Waals surface area contributed by atoms with Gasteiger partial charge in [0.15, 0.2) is 5.78 Å². The molecule has 0 spiro atoms. The highest BCUT2D eigenvalue weighted by molar-refractivity contribution is 6.02. The number of rotatable bonds is 8. The van der Waals surface area contributed by atoms with Crippen molar-refractivity contribution >= 4 is 28.2 Å². The standard InChI is InChI=1S/C34H36N4O5/c1-20-33-32(36-34(38(33)16-15-35-20)22-11-13-25(14-12-22)43-21(2)39)24-10-9-23(31(18-24)42-5)17-29(40)28-19-26-27(37(28)3)7-6-8-30(26)41-4/h6-10,15-16,18-19,22,25H,11-14,17H2,1-5H3. The van der Waals surface area contributed by atoms with Gasteiger partial charge in [0.2, 0.25) is 0 Å². The lowest BCUT2D eigenvalue weighted by Crippen LogP contribution is -2.23. The number of ether oxygens (including phenoxy) is 3. The van der Waals surface area contributed by atoms with Crippen LogP contribution in [-0.4, -0.2) is 51.0 Å². The van der Waals surface area contributed by atoms with Crippen molar-refractivity contribution in [2.45, 2.75) is 58.0 Å². The number of methoxy groups -OCH3 is 2. The van der Waals surface area contributed by atoms with E-state index in [4.69, 9.17) is 19.2 Å². The number of hydrogen-bond donors (Lipinski definition) is 0. The molecule has 0 radical (unpaired) electrons. The number of imidazole rings is 1. The summed E-state index contributed by atoms with van der Waals surface area (Å²) in [6, 6.07) is 13.6. The highest BCUT2D eigenvalue weighted by atomic mass is 16.5. The highest BCUT2D eigenvalue weighted by Crippen LogP contribution is 2.38. The largest absolute Gasteiger partial charge is 0.496 e. The molecule has 0 bridgehead atoms. The Balaban J connectivity index is 1.31. The molecule has 0 atom stereocenters. The van der Waals surface area contributed by atoms with E-state index >= 15 is 0 Å². The van der Waals surface area contributed by atoms with E-state index in [0.717, 1.165) is 76.2 Å². The molecule has 0 saturated heterocycles. The molecule has 2 aromatic carbocycles. The molecule has 222 valence electrons.